The lowest BCUT2D eigenvalue weighted by molar-refractivity contribution is 0.661. The molecule has 0 saturated heterocycles. The Balaban J connectivity index is 1.22. The highest BCUT2D eigenvalue weighted by Gasteiger charge is 2.37. The fraction of sp³-hybridized carbons (Fsp3) is 0.0545. The Morgan fingerprint density at radius 3 is 1.56 bits per heavy atom. The summed E-state index contributed by atoms with van der Waals surface area (Å²) in [4.78, 5) is 0. The van der Waals surface area contributed by atoms with Gasteiger partial charge in [-0.05, 0) is 145 Å². The summed E-state index contributed by atoms with van der Waals surface area (Å²) in [6.45, 7) is 4.80. The lowest BCUT2D eigenvalue weighted by Crippen LogP contribution is -2.15. The van der Waals surface area contributed by atoms with Gasteiger partial charge < -0.3 is 0 Å². The zero-order valence-electron chi connectivity index (χ0n) is 30.8. The van der Waals surface area contributed by atoms with Gasteiger partial charge in [0, 0.05) is 5.41 Å². The molecule has 0 spiro atoms. The molecule has 55 heavy (non-hydrogen) atoms. The summed E-state index contributed by atoms with van der Waals surface area (Å²) in [6.07, 6.45) is 0. The molecule has 0 heterocycles. The standard InChI is InChI=1S/C55H36/c1-55(2)50-18-10-9-17-46(50)53-42-16-8-7-15-41(42)49(32-51(53)55)48-31-47(39-22-20-34-12-4-6-14-37(34)30-39)44-28-27-43-40(25-23-35-24-26-45(48)54(44)52(35)43)38-21-19-33-11-3-5-13-36(33)29-38/h3-32H,1-2H3. The first-order valence-electron chi connectivity index (χ1n) is 19.4. The summed E-state index contributed by atoms with van der Waals surface area (Å²) in [5.41, 5.74) is 13.0. The highest BCUT2D eigenvalue weighted by Crippen LogP contribution is 2.54. The molecule has 0 saturated carbocycles. The first-order valence-corrected chi connectivity index (χ1v) is 19.4. The summed E-state index contributed by atoms with van der Waals surface area (Å²) < 4.78 is 0. The van der Waals surface area contributed by atoms with Crippen LogP contribution in [0, 0.1) is 0 Å². The molecule has 0 bridgehead atoms. The molecule has 11 aromatic rings. The number of fused-ring (bicyclic) bond motifs is 7. The van der Waals surface area contributed by atoms with Crippen LogP contribution in [0.5, 0.6) is 0 Å². The quantitative estimate of drug-likeness (QED) is 0.161. The number of hydrogen-bond acceptors (Lipinski definition) is 0. The molecular formula is C55H36. The van der Waals surface area contributed by atoms with E-state index in [4.69, 9.17) is 0 Å². The normalized spacial score (nSPS) is 13.4. The van der Waals surface area contributed by atoms with E-state index in [0.29, 0.717) is 0 Å². The van der Waals surface area contributed by atoms with E-state index in [2.05, 4.69) is 196 Å². The predicted molar refractivity (Wildman–Crippen MR) is 237 cm³/mol. The van der Waals surface area contributed by atoms with Gasteiger partial charge in [-0.3, -0.25) is 0 Å². The van der Waals surface area contributed by atoms with Crippen LogP contribution in [-0.4, -0.2) is 0 Å². The Kier molecular flexibility index (Phi) is 6.21. The van der Waals surface area contributed by atoms with E-state index in [1.165, 1.54) is 120 Å². The van der Waals surface area contributed by atoms with Crippen molar-refractivity contribution in [1.82, 2.24) is 0 Å². The van der Waals surface area contributed by atoms with E-state index in [-0.39, 0.29) is 5.41 Å². The number of hydrogen-bond donors (Lipinski definition) is 0. The highest BCUT2D eigenvalue weighted by atomic mass is 14.4. The maximum atomic E-state index is 2.54. The summed E-state index contributed by atoms with van der Waals surface area (Å²) in [5.74, 6) is 0. The van der Waals surface area contributed by atoms with Gasteiger partial charge in [-0.2, -0.15) is 0 Å². The second-order valence-electron chi connectivity index (χ2n) is 16.0. The third-order valence-corrected chi connectivity index (χ3v) is 12.8. The molecular weight excluding hydrogens is 661 g/mol. The van der Waals surface area contributed by atoms with Crippen molar-refractivity contribution >= 4 is 64.6 Å². The van der Waals surface area contributed by atoms with E-state index in [9.17, 15) is 0 Å². The van der Waals surface area contributed by atoms with Crippen LogP contribution < -0.4 is 0 Å². The van der Waals surface area contributed by atoms with Gasteiger partial charge in [0.2, 0.25) is 0 Å². The topological polar surface area (TPSA) is 0 Å². The van der Waals surface area contributed by atoms with Crippen molar-refractivity contribution in [1.29, 1.82) is 0 Å². The molecule has 0 aromatic heterocycles. The fourth-order valence-electron chi connectivity index (χ4n) is 10.1. The number of benzene rings is 11. The third-order valence-electron chi connectivity index (χ3n) is 12.8. The average molecular weight is 697 g/mol. The van der Waals surface area contributed by atoms with Crippen LogP contribution in [0.25, 0.3) is 109 Å². The molecule has 0 nitrogen and oxygen atoms in total. The molecule has 0 heteroatoms. The van der Waals surface area contributed by atoms with E-state index in [1.807, 2.05) is 0 Å². The van der Waals surface area contributed by atoms with Crippen LogP contribution in [0.2, 0.25) is 0 Å². The highest BCUT2D eigenvalue weighted by molar-refractivity contribution is 6.31. The van der Waals surface area contributed by atoms with Crippen LogP contribution in [0.4, 0.5) is 0 Å². The van der Waals surface area contributed by atoms with Gasteiger partial charge in [0.15, 0.2) is 0 Å². The SMILES string of the molecule is CC1(C)c2ccccc2-c2c1cc(-c1cc(-c3ccc4ccccc4c3)c3ccc4c(-c5ccc6ccccc6c5)ccc5ccc1c3c54)c1ccccc21. The molecule has 1 aliphatic carbocycles. The second kappa shape index (κ2) is 11.1. The molecule has 0 atom stereocenters. The van der Waals surface area contributed by atoms with Crippen molar-refractivity contribution in [2.75, 3.05) is 0 Å². The van der Waals surface area contributed by atoms with Gasteiger partial charge in [0.1, 0.15) is 0 Å². The Labute approximate surface area is 320 Å². The molecule has 1 aliphatic rings. The van der Waals surface area contributed by atoms with Gasteiger partial charge in [-0.15, -0.1) is 0 Å². The lowest BCUT2D eigenvalue weighted by Gasteiger charge is -2.24. The van der Waals surface area contributed by atoms with Gasteiger partial charge >= 0.3 is 0 Å². The van der Waals surface area contributed by atoms with Crippen molar-refractivity contribution in [3.05, 3.63) is 193 Å². The zero-order valence-corrected chi connectivity index (χ0v) is 30.8. The van der Waals surface area contributed by atoms with Crippen LogP contribution in [0.1, 0.15) is 25.0 Å². The van der Waals surface area contributed by atoms with Crippen molar-refractivity contribution in [3.63, 3.8) is 0 Å². The summed E-state index contributed by atoms with van der Waals surface area (Å²) in [6, 6.07) is 68.6. The van der Waals surface area contributed by atoms with E-state index >= 15 is 0 Å². The Morgan fingerprint density at radius 2 is 0.818 bits per heavy atom. The largest absolute Gasteiger partial charge is 0.0619 e. The van der Waals surface area contributed by atoms with Gasteiger partial charge in [-0.1, -0.05) is 172 Å². The fourth-order valence-corrected chi connectivity index (χ4v) is 10.1. The Hall–Kier alpha value is -6.76. The smallest absolute Gasteiger partial charge is 0.0159 e. The van der Waals surface area contributed by atoms with Crippen molar-refractivity contribution in [2.45, 2.75) is 19.3 Å². The molecule has 0 amide bonds. The molecule has 0 radical (unpaired) electrons. The zero-order chi connectivity index (χ0) is 36.4. The summed E-state index contributed by atoms with van der Waals surface area (Å²) in [5, 5.41) is 15.5. The molecule has 256 valence electrons. The maximum Gasteiger partial charge on any atom is 0.0159 e. The minimum absolute atomic E-state index is 0.121. The maximum absolute atomic E-state index is 2.54. The minimum atomic E-state index is -0.121. The average Bonchev–Trinajstić information content (AvgIpc) is 3.47. The Bertz CT molecular complexity index is 3390. The second-order valence-corrected chi connectivity index (χ2v) is 16.0. The predicted octanol–water partition coefficient (Wildman–Crippen LogP) is 15.4. The summed E-state index contributed by atoms with van der Waals surface area (Å²) >= 11 is 0. The summed E-state index contributed by atoms with van der Waals surface area (Å²) in [7, 11) is 0. The van der Waals surface area contributed by atoms with Gasteiger partial charge in [0.25, 0.3) is 0 Å². The Morgan fingerprint density at radius 1 is 0.291 bits per heavy atom. The van der Waals surface area contributed by atoms with Crippen LogP contribution >= 0.6 is 0 Å². The molecule has 0 fully saturated rings. The number of rotatable bonds is 3. The van der Waals surface area contributed by atoms with Gasteiger partial charge in [-0.25, -0.2) is 0 Å². The third kappa shape index (κ3) is 4.28. The van der Waals surface area contributed by atoms with Crippen molar-refractivity contribution in [2.24, 2.45) is 0 Å². The minimum Gasteiger partial charge on any atom is -0.0619 e. The van der Waals surface area contributed by atoms with E-state index in [0.717, 1.165) is 0 Å². The molecule has 11 aromatic carbocycles. The van der Waals surface area contributed by atoms with Crippen LogP contribution in [0.15, 0.2) is 182 Å². The van der Waals surface area contributed by atoms with E-state index in [1.54, 1.807) is 0 Å². The monoisotopic (exact) mass is 696 g/mol. The molecule has 12 rings (SSSR count). The molecule has 0 N–H and O–H groups in total. The van der Waals surface area contributed by atoms with Crippen molar-refractivity contribution < 1.29 is 0 Å². The first kappa shape index (κ1) is 30.7. The van der Waals surface area contributed by atoms with Gasteiger partial charge in [0.05, 0.1) is 0 Å². The molecule has 0 unspecified atom stereocenters. The van der Waals surface area contributed by atoms with Crippen molar-refractivity contribution in [3.8, 4) is 44.5 Å². The molecule has 0 aliphatic heterocycles. The van der Waals surface area contributed by atoms with Crippen LogP contribution in [0.3, 0.4) is 0 Å². The first-order chi connectivity index (χ1) is 27.0. The lowest BCUT2D eigenvalue weighted by atomic mass is 9.79. The van der Waals surface area contributed by atoms with E-state index < -0.39 is 0 Å². The van der Waals surface area contributed by atoms with Crippen LogP contribution in [-0.2, 0) is 5.41 Å².